The molecule has 0 aliphatic carbocycles. The molecule has 1 heterocycles. The summed E-state index contributed by atoms with van der Waals surface area (Å²) in [5, 5.41) is 0. The van der Waals surface area contributed by atoms with E-state index in [0.29, 0.717) is 10.2 Å². The summed E-state index contributed by atoms with van der Waals surface area (Å²) in [6, 6.07) is 0. The van der Waals surface area contributed by atoms with Gasteiger partial charge in [0.05, 0.1) is 18.7 Å². The van der Waals surface area contributed by atoms with Crippen LogP contribution in [0.25, 0.3) is 0 Å². The molecule has 0 saturated carbocycles. The summed E-state index contributed by atoms with van der Waals surface area (Å²) in [4.78, 5) is 15.2. The van der Waals surface area contributed by atoms with Crippen LogP contribution in [0.1, 0.15) is 30.2 Å². The predicted octanol–water partition coefficient (Wildman–Crippen LogP) is 2.35. The Balaban J connectivity index is 3.15. The second-order valence-corrected chi connectivity index (χ2v) is 4.23. The van der Waals surface area contributed by atoms with Gasteiger partial charge in [0.2, 0.25) is 0 Å². The number of carbonyl (C=O) groups excluding carboxylic acids is 1. The number of carbonyl (C=O) groups is 1. The molecule has 0 aliphatic heterocycles. The average Bonchev–Trinajstić information content (AvgIpc) is 2.31. The first-order valence-corrected chi connectivity index (χ1v) is 6.10. The molecule has 4 nitrogen and oxygen atoms in total. The third-order valence-electron chi connectivity index (χ3n) is 2.28. The maximum atomic E-state index is 12.8. The fourth-order valence-electron chi connectivity index (χ4n) is 1.45. The summed E-state index contributed by atoms with van der Waals surface area (Å²) in [7, 11) is 0. The van der Waals surface area contributed by atoms with Gasteiger partial charge in [-0.3, -0.25) is 9.78 Å². The Kier molecular flexibility index (Phi) is 5.61. The zero-order valence-corrected chi connectivity index (χ0v) is 11.3. The van der Waals surface area contributed by atoms with Crippen LogP contribution in [-0.4, -0.2) is 17.6 Å². The minimum Gasteiger partial charge on any atom is -0.466 e. The number of alkyl halides is 2. The number of nitrogens with two attached hydrogens (primary N) is 1. The van der Waals surface area contributed by atoms with E-state index >= 15 is 0 Å². The molecule has 0 atom stereocenters. The molecule has 0 amide bonds. The van der Waals surface area contributed by atoms with Crippen LogP contribution in [0, 0.1) is 0 Å². The molecule has 0 fully saturated rings. The van der Waals surface area contributed by atoms with Crippen LogP contribution in [-0.2, 0) is 22.5 Å². The van der Waals surface area contributed by atoms with Crippen molar-refractivity contribution in [2.24, 2.45) is 5.73 Å². The lowest BCUT2D eigenvalue weighted by Crippen LogP contribution is -2.13. The van der Waals surface area contributed by atoms with Crippen molar-refractivity contribution in [2.75, 3.05) is 6.61 Å². The third kappa shape index (κ3) is 3.46. The van der Waals surface area contributed by atoms with E-state index in [0.717, 1.165) is 6.20 Å². The number of pyridine rings is 1. The summed E-state index contributed by atoms with van der Waals surface area (Å²) >= 11 is 3.16. The largest absolute Gasteiger partial charge is 0.466 e. The predicted molar refractivity (Wildman–Crippen MR) is 65.1 cm³/mol. The van der Waals surface area contributed by atoms with Crippen LogP contribution < -0.4 is 5.73 Å². The number of halogens is 3. The molecule has 1 aromatic heterocycles. The molecule has 0 spiro atoms. The summed E-state index contributed by atoms with van der Waals surface area (Å²) < 4.78 is 30.8. The lowest BCUT2D eigenvalue weighted by molar-refractivity contribution is -0.142. The number of ether oxygens (including phenoxy) is 1. The lowest BCUT2D eigenvalue weighted by atomic mass is 10.1. The van der Waals surface area contributed by atoms with E-state index in [9.17, 15) is 13.6 Å². The highest BCUT2D eigenvalue weighted by Crippen LogP contribution is 2.30. The number of hydrogen-bond donors (Lipinski definition) is 1. The quantitative estimate of drug-likeness (QED) is 0.845. The Morgan fingerprint density at radius 3 is 2.78 bits per heavy atom. The lowest BCUT2D eigenvalue weighted by Gasteiger charge is -2.12. The van der Waals surface area contributed by atoms with Gasteiger partial charge >= 0.3 is 5.97 Å². The van der Waals surface area contributed by atoms with Gasteiger partial charge < -0.3 is 10.5 Å². The molecular weight excluding hydrogens is 310 g/mol. The monoisotopic (exact) mass is 322 g/mol. The number of hydrogen-bond acceptors (Lipinski definition) is 4. The third-order valence-corrected chi connectivity index (χ3v) is 3.22. The molecular formula is C11H13BrF2N2O2. The Labute approximate surface area is 112 Å². The molecule has 2 N–H and O–H groups in total. The first kappa shape index (κ1) is 15.0. The van der Waals surface area contributed by atoms with E-state index in [-0.39, 0.29) is 30.7 Å². The summed E-state index contributed by atoms with van der Waals surface area (Å²) in [6.45, 7) is 1.95. The van der Waals surface area contributed by atoms with Crippen molar-refractivity contribution in [3.05, 3.63) is 27.5 Å². The van der Waals surface area contributed by atoms with Gasteiger partial charge in [0, 0.05) is 22.8 Å². The smallest absolute Gasteiger partial charge is 0.310 e. The molecule has 0 radical (unpaired) electrons. The molecule has 100 valence electrons. The van der Waals surface area contributed by atoms with Crippen LogP contribution in [0.3, 0.4) is 0 Å². The number of esters is 1. The van der Waals surface area contributed by atoms with Crippen LogP contribution in [0.15, 0.2) is 10.7 Å². The van der Waals surface area contributed by atoms with E-state index in [1.807, 2.05) is 0 Å². The molecule has 1 rings (SSSR count). The normalized spacial score (nSPS) is 10.8. The van der Waals surface area contributed by atoms with Gasteiger partial charge in [0.15, 0.2) is 0 Å². The van der Waals surface area contributed by atoms with Crippen molar-refractivity contribution in [3.8, 4) is 0 Å². The zero-order valence-electron chi connectivity index (χ0n) is 9.75. The van der Waals surface area contributed by atoms with Crippen LogP contribution in [0.4, 0.5) is 8.78 Å². The minimum atomic E-state index is -2.70. The minimum absolute atomic E-state index is 0.0971. The van der Waals surface area contributed by atoms with Crippen molar-refractivity contribution >= 4 is 21.9 Å². The molecule has 0 aromatic carbocycles. The second-order valence-electron chi connectivity index (χ2n) is 3.44. The Morgan fingerprint density at radius 1 is 1.61 bits per heavy atom. The molecule has 0 saturated heterocycles. The highest BCUT2D eigenvalue weighted by Gasteiger charge is 2.21. The van der Waals surface area contributed by atoms with E-state index in [2.05, 4.69) is 20.9 Å². The van der Waals surface area contributed by atoms with E-state index in [4.69, 9.17) is 10.5 Å². The summed E-state index contributed by atoms with van der Waals surface area (Å²) in [5.41, 5.74) is 5.76. The van der Waals surface area contributed by atoms with Crippen LogP contribution in [0.2, 0.25) is 0 Å². The summed E-state index contributed by atoms with van der Waals surface area (Å²) in [5.74, 6) is -0.561. The molecule has 0 aliphatic rings. The van der Waals surface area contributed by atoms with Gasteiger partial charge in [-0.1, -0.05) is 0 Å². The van der Waals surface area contributed by atoms with Crippen LogP contribution in [0.5, 0.6) is 0 Å². The van der Waals surface area contributed by atoms with Gasteiger partial charge in [-0.2, -0.15) is 0 Å². The first-order chi connectivity index (χ1) is 8.51. The van der Waals surface area contributed by atoms with Gasteiger partial charge in [-0.15, -0.1) is 0 Å². The zero-order chi connectivity index (χ0) is 13.7. The topological polar surface area (TPSA) is 65.2 Å². The maximum Gasteiger partial charge on any atom is 0.310 e. The molecule has 0 bridgehead atoms. The molecule has 7 heteroatoms. The van der Waals surface area contributed by atoms with Crippen molar-refractivity contribution in [3.63, 3.8) is 0 Å². The van der Waals surface area contributed by atoms with E-state index < -0.39 is 12.4 Å². The fourth-order valence-corrected chi connectivity index (χ4v) is 2.08. The summed E-state index contributed by atoms with van der Waals surface area (Å²) in [6.07, 6.45) is -1.89. The van der Waals surface area contributed by atoms with Crippen molar-refractivity contribution in [1.82, 2.24) is 4.98 Å². The first-order valence-electron chi connectivity index (χ1n) is 5.31. The number of rotatable bonds is 5. The van der Waals surface area contributed by atoms with E-state index in [1.54, 1.807) is 6.92 Å². The standard InChI is InChI=1S/C11H13BrF2N2O2/c1-2-18-9(17)3-6-7(11(13)14)5-16-8(4-15)10(6)12/h5,11H,2-4,15H2,1H3. The van der Waals surface area contributed by atoms with E-state index in [1.165, 1.54) is 0 Å². The van der Waals surface area contributed by atoms with Crippen molar-refractivity contribution < 1.29 is 18.3 Å². The average molecular weight is 323 g/mol. The van der Waals surface area contributed by atoms with Gasteiger partial charge in [-0.05, 0) is 28.4 Å². The fraction of sp³-hybridized carbons (Fsp3) is 0.455. The van der Waals surface area contributed by atoms with Crippen LogP contribution >= 0.6 is 15.9 Å². The molecule has 1 aromatic rings. The van der Waals surface area contributed by atoms with Crippen molar-refractivity contribution in [1.29, 1.82) is 0 Å². The Hall–Kier alpha value is -1.08. The van der Waals surface area contributed by atoms with Gasteiger partial charge in [0.25, 0.3) is 6.43 Å². The Bertz CT molecular complexity index is 441. The second kappa shape index (κ2) is 6.75. The number of nitrogens with zero attached hydrogens (tertiary/aromatic N) is 1. The number of aromatic nitrogens is 1. The SMILES string of the molecule is CCOC(=O)Cc1c(C(F)F)cnc(CN)c1Br. The van der Waals surface area contributed by atoms with Crippen molar-refractivity contribution in [2.45, 2.75) is 26.3 Å². The van der Waals surface area contributed by atoms with Gasteiger partial charge in [0.1, 0.15) is 0 Å². The maximum absolute atomic E-state index is 12.8. The van der Waals surface area contributed by atoms with Gasteiger partial charge in [-0.25, -0.2) is 8.78 Å². The molecule has 0 unspecified atom stereocenters. The Morgan fingerprint density at radius 2 is 2.28 bits per heavy atom. The highest BCUT2D eigenvalue weighted by atomic mass is 79.9. The highest BCUT2D eigenvalue weighted by molar-refractivity contribution is 9.10. The molecule has 18 heavy (non-hydrogen) atoms.